The first kappa shape index (κ1) is 9.44. The molecule has 2 spiro atoms. The molecule has 0 amide bonds. The van der Waals surface area contributed by atoms with Crippen molar-refractivity contribution in [1.29, 1.82) is 0 Å². The van der Waals surface area contributed by atoms with Crippen LogP contribution >= 0.6 is 0 Å². The fourth-order valence-corrected chi connectivity index (χ4v) is 4.04. The molecule has 0 aromatic rings. The molecule has 0 radical (unpaired) electrons. The van der Waals surface area contributed by atoms with Crippen LogP contribution in [0.2, 0.25) is 0 Å². The van der Waals surface area contributed by atoms with Crippen LogP contribution in [0.25, 0.3) is 0 Å². The van der Waals surface area contributed by atoms with E-state index in [2.05, 4.69) is 0 Å². The van der Waals surface area contributed by atoms with Gasteiger partial charge in [0.2, 0.25) is 0 Å². The summed E-state index contributed by atoms with van der Waals surface area (Å²) in [7, 11) is 0. The normalized spacial score (nSPS) is 37.7. The predicted octanol–water partition coefficient (Wildman–Crippen LogP) is 2.97. The van der Waals surface area contributed by atoms with Crippen molar-refractivity contribution in [1.82, 2.24) is 0 Å². The molecule has 0 bridgehead atoms. The molecule has 3 rings (SSSR count). The third-order valence-corrected chi connectivity index (χ3v) is 4.77. The highest BCUT2D eigenvalue weighted by atomic mass is 16.5. The highest BCUT2D eigenvalue weighted by molar-refractivity contribution is 5.91. The molecule has 2 aliphatic carbocycles. The predicted molar refractivity (Wildman–Crippen MR) is 57.3 cm³/mol. The number of carbonyl (C=O) groups is 1. The lowest BCUT2D eigenvalue weighted by atomic mass is 9.70. The Morgan fingerprint density at radius 2 is 1.80 bits per heavy atom. The monoisotopic (exact) mass is 206 g/mol. The van der Waals surface area contributed by atoms with E-state index in [0.29, 0.717) is 11.8 Å². The summed E-state index contributed by atoms with van der Waals surface area (Å²) in [5.41, 5.74) is 0.225. The van der Waals surface area contributed by atoms with Crippen LogP contribution in [-0.4, -0.2) is 11.4 Å². The maximum atomic E-state index is 11.6. The largest absolute Gasteiger partial charge is 0.494 e. The van der Waals surface area contributed by atoms with E-state index in [1.54, 1.807) is 12.3 Å². The van der Waals surface area contributed by atoms with Crippen molar-refractivity contribution < 1.29 is 9.53 Å². The number of fused-ring (bicyclic) bond motifs is 1. The average molecular weight is 206 g/mol. The van der Waals surface area contributed by atoms with E-state index >= 15 is 0 Å². The fourth-order valence-electron chi connectivity index (χ4n) is 4.04. The molecule has 0 aromatic carbocycles. The van der Waals surface area contributed by atoms with Crippen LogP contribution in [0.5, 0.6) is 0 Å². The molecule has 0 N–H and O–H groups in total. The lowest BCUT2D eigenvalue weighted by Crippen LogP contribution is -2.46. The van der Waals surface area contributed by atoms with Gasteiger partial charge in [-0.05, 0) is 32.1 Å². The van der Waals surface area contributed by atoms with Gasteiger partial charge >= 0.3 is 0 Å². The summed E-state index contributed by atoms with van der Waals surface area (Å²) < 4.78 is 5.93. The zero-order valence-corrected chi connectivity index (χ0v) is 9.13. The quantitative estimate of drug-likeness (QED) is 0.609. The zero-order chi connectivity index (χ0) is 10.4. The summed E-state index contributed by atoms with van der Waals surface area (Å²) >= 11 is 0. The van der Waals surface area contributed by atoms with Crippen LogP contribution in [0.15, 0.2) is 12.3 Å². The van der Waals surface area contributed by atoms with Gasteiger partial charge in [-0.1, -0.05) is 12.8 Å². The number of ketones is 1. The van der Waals surface area contributed by atoms with Crippen LogP contribution in [0, 0.1) is 5.41 Å². The maximum Gasteiger partial charge on any atom is 0.162 e. The minimum atomic E-state index is -0.116. The standard InChI is InChI=1S/C13H18O2/c14-11-4-9-15-13(10-11)8-3-7-12(13)5-1-2-6-12/h4,9H,1-3,5-8,10H2. The second kappa shape index (κ2) is 3.10. The Labute approximate surface area is 90.7 Å². The van der Waals surface area contributed by atoms with Gasteiger partial charge in [-0.15, -0.1) is 0 Å². The first-order valence-corrected chi connectivity index (χ1v) is 6.14. The van der Waals surface area contributed by atoms with Crippen molar-refractivity contribution in [3.8, 4) is 0 Å². The first-order chi connectivity index (χ1) is 7.27. The lowest BCUT2D eigenvalue weighted by Gasteiger charge is -2.44. The molecule has 2 heteroatoms. The minimum absolute atomic E-state index is 0.116. The van der Waals surface area contributed by atoms with Gasteiger partial charge in [0, 0.05) is 11.5 Å². The third-order valence-electron chi connectivity index (χ3n) is 4.77. The van der Waals surface area contributed by atoms with E-state index < -0.39 is 0 Å². The average Bonchev–Trinajstić information content (AvgIpc) is 2.79. The van der Waals surface area contributed by atoms with Crippen molar-refractivity contribution in [2.45, 2.75) is 57.0 Å². The van der Waals surface area contributed by atoms with Gasteiger partial charge in [0.15, 0.2) is 5.78 Å². The van der Waals surface area contributed by atoms with Crippen molar-refractivity contribution in [2.75, 3.05) is 0 Å². The number of carbonyl (C=O) groups excluding carboxylic acids is 1. The van der Waals surface area contributed by atoms with E-state index in [0.717, 1.165) is 6.42 Å². The lowest BCUT2D eigenvalue weighted by molar-refractivity contribution is -0.131. The smallest absolute Gasteiger partial charge is 0.162 e. The number of allylic oxidation sites excluding steroid dienone is 1. The molecule has 0 saturated heterocycles. The Morgan fingerprint density at radius 1 is 1.07 bits per heavy atom. The summed E-state index contributed by atoms with van der Waals surface area (Å²) in [6, 6.07) is 0. The number of rotatable bonds is 0. The van der Waals surface area contributed by atoms with Crippen LogP contribution in [0.1, 0.15) is 51.4 Å². The molecule has 2 fully saturated rings. The highest BCUT2D eigenvalue weighted by Gasteiger charge is 2.58. The Hall–Kier alpha value is -0.790. The SMILES string of the molecule is O=C1C=COC2(CCCC23CCCC3)C1. The van der Waals surface area contributed by atoms with Gasteiger partial charge < -0.3 is 4.74 Å². The third kappa shape index (κ3) is 1.20. The molecule has 2 saturated carbocycles. The van der Waals surface area contributed by atoms with Gasteiger partial charge in [0.25, 0.3) is 0 Å². The van der Waals surface area contributed by atoms with Crippen molar-refractivity contribution in [3.63, 3.8) is 0 Å². The molecule has 15 heavy (non-hydrogen) atoms. The van der Waals surface area contributed by atoms with Gasteiger partial charge in [0.05, 0.1) is 12.7 Å². The van der Waals surface area contributed by atoms with Crippen LogP contribution < -0.4 is 0 Å². The van der Waals surface area contributed by atoms with Crippen molar-refractivity contribution in [3.05, 3.63) is 12.3 Å². The highest BCUT2D eigenvalue weighted by Crippen LogP contribution is 2.60. The minimum Gasteiger partial charge on any atom is -0.494 e. The molecule has 2 nitrogen and oxygen atoms in total. The van der Waals surface area contributed by atoms with Gasteiger partial charge in [-0.3, -0.25) is 4.79 Å². The maximum absolute atomic E-state index is 11.6. The molecule has 1 aliphatic heterocycles. The molecule has 0 aromatic heterocycles. The van der Waals surface area contributed by atoms with Crippen LogP contribution in [0.3, 0.4) is 0 Å². The van der Waals surface area contributed by atoms with Gasteiger partial charge in [-0.25, -0.2) is 0 Å². The summed E-state index contributed by atoms with van der Waals surface area (Å²) in [4.78, 5) is 11.6. The summed E-state index contributed by atoms with van der Waals surface area (Å²) in [5.74, 6) is 0.259. The van der Waals surface area contributed by atoms with E-state index in [1.165, 1.54) is 38.5 Å². The Kier molecular flexibility index (Phi) is 1.95. The second-order valence-electron chi connectivity index (χ2n) is 5.40. The second-order valence-corrected chi connectivity index (χ2v) is 5.40. The molecule has 3 aliphatic rings. The Bertz CT molecular complexity index is 307. The van der Waals surface area contributed by atoms with Crippen molar-refractivity contribution in [2.24, 2.45) is 5.41 Å². The molecule has 1 unspecified atom stereocenters. The van der Waals surface area contributed by atoms with Crippen LogP contribution in [-0.2, 0) is 9.53 Å². The number of hydrogen-bond donors (Lipinski definition) is 0. The van der Waals surface area contributed by atoms with Gasteiger partial charge in [0.1, 0.15) is 5.60 Å². The van der Waals surface area contributed by atoms with Gasteiger partial charge in [-0.2, -0.15) is 0 Å². The first-order valence-electron chi connectivity index (χ1n) is 6.14. The topological polar surface area (TPSA) is 26.3 Å². The summed E-state index contributed by atoms with van der Waals surface area (Å²) in [6.45, 7) is 0. The van der Waals surface area contributed by atoms with Crippen molar-refractivity contribution >= 4 is 5.78 Å². The molecule has 1 atom stereocenters. The van der Waals surface area contributed by atoms with E-state index in [-0.39, 0.29) is 11.4 Å². The Balaban J connectivity index is 1.96. The Morgan fingerprint density at radius 3 is 2.53 bits per heavy atom. The molecular weight excluding hydrogens is 188 g/mol. The van der Waals surface area contributed by atoms with E-state index in [9.17, 15) is 4.79 Å². The molecule has 1 heterocycles. The van der Waals surface area contributed by atoms with E-state index in [4.69, 9.17) is 4.74 Å². The van der Waals surface area contributed by atoms with Crippen LogP contribution in [0.4, 0.5) is 0 Å². The fraction of sp³-hybridized carbons (Fsp3) is 0.769. The summed E-state index contributed by atoms with van der Waals surface area (Å²) in [5, 5.41) is 0. The van der Waals surface area contributed by atoms with E-state index in [1.807, 2.05) is 0 Å². The number of hydrogen-bond acceptors (Lipinski definition) is 2. The molecule has 82 valence electrons. The number of ether oxygens (including phenoxy) is 1. The molecular formula is C13H18O2. The summed E-state index contributed by atoms with van der Waals surface area (Å²) in [6.07, 6.45) is 12.7. The zero-order valence-electron chi connectivity index (χ0n) is 9.13.